The van der Waals surface area contributed by atoms with Crippen LogP contribution in [0.5, 0.6) is 0 Å². The van der Waals surface area contributed by atoms with Crippen LogP contribution >= 0.6 is 0 Å². The number of hydrogen-bond donors (Lipinski definition) is 2. The van der Waals surface area contributed by atoms with Gasteiger partial charge in [-0.15, -0.1) is 0 Å². The molecular formula is C7H11NO2. The first-order valence-electron chi connectivity index (χ1n) is 3.51. The van der Waals surface area contributed by atoms with Crippen LogP contribution in [-0.4, -0.2) is 29.5 Å². The Morgan fingerprint density at radius 3 is 2.80 bits per heavy atom. The molecule has 10 heavy (non-hydrogen) atoms. The first-order valence-corrected chi connectivity index (χ1v) is 3.51. The molecule has 3 heteroatoms. The molecule has 1 saturated heterocycles. The van der Waals surface area contributed by atoms with Gasteiger partial charge in [0.15, 0.2) is 0 Å². The highest BCUT2D eigenvalue weighted by Crippen LogP contribution is 2.36. The zero-order chi connectivity index (χ0) is 7.19. The zero-order valence-electron chi connectivity index (χ0n) is 5.66. The Kier molecular flexibility index (Phi) is 1.15. The Hall–Kier alpha value is -0.380. The maximum atomic E-state index is 9.69. The molecule has 3 N–H and O–H groups in total. The van der Waals surface area contributed by atoms with E-state index in [1.807, 2.05) is 12.2 Å². The van der Waals surface area contributed by atoms with Crippen LogP contribution in [-0.2, 0) is 4.74 Å². The van der Waals surface area contributed by atoms with E-state index in [1.165, 1.54) is 0 Å². The van der Waals surface area contributed by atoms with Crippen molar-refractivity contribution in [2.45, 2.75) is 24.2 Å². The summed E-state index contributed by atoms with van der Waals surface area (Å²) in [6, 6.07) is 0. The van der Waals surface area contributed by atoms with Crippen LogP contribution in [0.4, 0.5) is 0 Å². The molecule has 2 rings (SSSR count). The van der Waals surface area contributed by atoms with Crippen molar-refractivity contribution in [3.05, 3.63) is 12.2 Å². The molecule has 0 saturated carbocycles. The minimum absolute atomic E-state index is 0.110. The number of ether oxygens (including phenoxy) is 1. The molecule has 2 aliphatic heterocycles. The van der Waals surface area contributed by atoms with Crippen LogP contribution in [0.1, 0.15) is 6.42 Å². The monoisotopic (exact) mass is 141 g/mol. The second-order valence-electron chi connectivity index (χ2n) is 2.99. The smallest absolute Gasteiger partial charge is 0.109 e. The van der Waals surface area contributed by atoms with Gasteiger partial charge >= 0.3 is 0 Å². The summed E-state index contributed by atoms with van der Waals surface area (Å²) in [5, 5.41) is 9.69. The molecule has 2 aliphatic rings. The van der Waals surface area contributed by atoms with Crippen molar-refractivity contribution in [1.29, 1.82) is 0 Å². The molecular weight excluding hydrogens is 130 g/mol. The predicted octanol–water partition coefficient (Wildman–Crippen LogP) is -0.597. The number of hydrogen-bond acceptors (Lipinski definition) is 3. The molecule has 2 heterocycles. The van der Waals surface area contributed by atoms with Crippen molar-refractivity contribution in [3.63, 3.8) is 0 Å². The van der Waals surface area contributed by atoms with Crippen molar-refractivity contribution in [1.82, 2.24) is 0 Å². The highest BCUT2D eigenvalue weighted by molar-refractivity contribution is 5.17. The molecule has 56 valence electrons. The van der Waals surface area contributed by atoms with E-state index in [1.54, 1.807) is 0 Å². The molecule has 2 bridgehead atoms. The van der Waals surface area contributed by atoms with E-state index in [4.69, 9.17) is 10.5 Å². The van der Waals surface area contributed by atoms with Crippen LogP contribution < -0.4 is 5.73 Å². The average molecular weight is 141 g/mol. The van der Waals surface area contributed by atoms with E-state index >= 15 is 0 Å². The van der Waals surface area contributed by atoms with Crippen molar-refractivity contribution in [2.75, 3.05) is 6.54 Å². The quantitative estimate of drug-likeness (QED) is 0.479. The van der Waals surface area contributed by atoms with Gasteiger partial charge in [-0.25, -0.2) is 0 Å². The summed E-state index contributed by atoms with van der Waals surface area (Å²) in [4.78, 5) is 0. The first-order chi connectivity index (χ1) is 4.74. The van der Waals surface area contributed by atoms with Gasteiger partial charge in [0.25, 0.3) is 0 Å². The van der Waals surface area contributed by atoms with Crippen molar-refractivity contribution in [3.8, 4) is 0 Å². The van der Waals surface area contributed by atoms with Gasteiger partial charge in [-0.1, -0.05) is 12.2 Å². The fraction of sp³-hybridized carbons (Fsp3) is 0.714. The van der Waals surface area contributed by atoms with Crippen LogP contribution in [0, 0.1) is 0 Å². The summed E-state index contributed by atoms with van der Waals surface area (Å²) in [7, 11) is 0. The fourth-order valence-electron chi connectivity index (χ4n) is 1.59. The number of aliphatic hydroxyl groups is 1. The third kappa shape index (κ3) is 0.653. The predicted molar refractivity (Wildman–Crippen MR) is 36.4 cm³/mol. The van der Waals surface area contributed by atoms with Gasteiger partial charge < -0.3 is 15.6 Å². The average Bonchev–Trinajstić information content (AvgIpc) is 2.46. The highest BCUT2D eigenvalue weighted by Gasteiger charge is 2.47. The second-order valence-corrected chi connectivity index (χ2v) is 2.99. The summed E-state index contributed by atoms with van der Waals surface area (Å²) in [6.07, 6.45) is 4.49. The lowest BCUT2D eigenvalue weighted by Crippen LogP contribution is -2.44. The summed E-state index contributed by atoms with van der Waals surface area (Å²) in [5.41, 5.74) is 4.61. The number of nitrogens with two attached hydrogens (primary N) is 1. The lowest BCUT2D eigenvalue weighted by Gasteiger charge is -2.24. The van der Waals surface area contributed by atoms with E-state index < -0.39 is 5.60 Å². The van der Waals surface area contributed by atoms with Crippen LogP contribution in [0.2, 0.25) is 0 Å². The topological polar surface area (TPSA) is 55.5 Å². The molecule has 0 aromatic heterocycles. The molecule has 0 spiro atoms. The van der Waals surface area contributed by atoms with Crippen LogP contribution in [0.25, 0.3) is 0 Å². The fourth-order valence-corrected chi connectivity index (χ4v) is 1.59. The Balaban J connectivity index is 2.22. The lowest BCUT2D eigenvalue weighted by atomic mass is 9.89. The van der Waals surface area contributed by atoms with Crippen LogP contribution in [0.3, 0.4) is 0 Å². The van der Waals surface area contributed by atoms with E-state index in [9.17, 15) is 5.11 Å². The minimum Gasteiger partial charge on any atom is -0.385 e. The number of fused-ring (bicyclic) bond motifs is 2. The lowest BCUT2D eigenvalue weighted by molar-refractivity contribution is -0.00420. The summed E-state index contributed by atoms with van der Waals surface area (Å²) in [6.45, 7) is 0.290. The highest BCUT2D eigenvalue weighted by atomic mass is 16.5. The van der Waals surface area contributed by atoms with E-state index in [2.05, 4.69) is 0 Å². The SMILES string of the molecule is NC[C@]1(O)C[C@@H]2C=C[C@H]1O2. The van der Waals surface area contributed by atoms with Gasteiger partial charge in [-0.05, 0) is 0 Å². The molecule has 0 aromatic rings. The maximum Gasteiger partial charge on any atom is 0.109 e. The molecule has 0 amide bonds. The zero-order valence-corrected chi connectivity index (χ0v) is 5.66. The largest absolute Gasteiger partial charge is 0.385 e. The standard InChI is InChI=1S/C7H11NO2/c8-4-7(9)3-5-1-2-6(7)10-5/h1-2,5-6,9H,3-4,8H2/t5-,6+,7+/m0/s1. The Morgan fingerprint density at radius 2 is 2.50 bits per heavy atom. The molecule has 0 radical (unpaired) electrons. The van der Waals surface area contributed by atoms with Gasteiger partial charge in [0, 0.05) is 13.0 Å². The molecule has 0 unspecified atom stereocenters. The molecule has 0 aromatic carbocycles. The minimum atomic E-state index is -0.778. The summed E-state index contributed by atoms with van der Waals surface area (Å²) in [5.74, 6) is 0. The Morgan fingerprint density at radius 1 is 1.70 bits per heavy atom. The summed E-state index contributed by atoms with van der Waals surface area (Å²) >= 11 is 0. The summed E-state index contributed by atoms with van der Waals surface area (Å²) < 4.78 is 5.34. The van der Waals surface area contributed by atoms with Gasteiger partial charge in [0.05, 0.1) is 6.10 Å². The number of rotatable bonds is 1. The molecule has 0 aliphatic carbocycles. The van der Waals surface area contributed by atoms with Crippen molar-refractivity contribution in [2.24, 2.45) is 5.73 Å². The normalized spacial score (nSPS) is 50.6. The Labute approximate surface area is 59.5 Å². The van der Waals surface area contributed by atoms with E-state index in [-0.39, 0.29) is 12.2 Å². The van der Waals surface area contributed by atoms with Gasteiger partial charge in [0.1, 0.15) is 11.7 Å². The van der Waals surface area contributed by atoms with Gasteiger partial charge in [-0.3, -0.25) is 0 Å². The third-order valence-corrected chi connectivity index (χ3v) is 2.26. The molecule has 3 atom stereocenters. The van der Waals surface area contributed by atoms with Crippen molar-refractivity contribution >= 4 is 0 Å². The first kappa shape index (κ1) is 6.34. The maximum absolute atomic E-state index is 9.69. The third-order valence-electron chi connectivity index (χ3n) is 2.26. The van der Waals surface area contributed by atoms with Gasteiger partial charge in [-0.2, -0.15) is 0 Å². The van der Waals surface area contributed by atoms with E-state index in [0.29, 0.717) is 13.0 Å². The van der Waals surface area contributed by atoms with Crippen molar-refractivity contribution < 1.29 is 9.84 Å². The van der Waals surface area contributed by atoms with Crippen LogP contribution in [0.15, 0.2) is 12.2 Å². The van der Waals surface area contributed by atoms with E-state index in [0.717, 1.165) is 0 Å². The molecule has 3 nitrogen and oxygen atoms in total. The Bertz CT molecular complexity index is 180. The second kappa shape index (κ2) is 1.81. The van der Waals surface area contributed by atoms with Gasteiger partial charge in [0.2, 0.25) is 0 Å². The molecule has 1 fully saturated rings.